The summed E-state index contributed by atoms with van der Waals surface area (Å²) in [7, 11) is -3.17. The van der Waals surface area contributed by atoms with Gasteiger partial charge in [-0.3, -0.25) is 4.79 Å². The molecule has 3 heterocycles. The standard InChI is InChI=1S/C24H22F4N4O4S/c1-24(11-37(34,35)12-24)30-22(33)14-5-6-17-19(8-14)32(21-18(26)9-15(25)10-29-21)31-20(17)13-3-2-4-16(7-13)36-23(27)28/h2-4,7,9-10,14,23H,5-6,8,11-12H2,1H3,(H,30,33)/t14-/m1/s1. The van der Waals surface area contributed by atoms with Gasteiger partial charge in [-0.2, -0.15) is 13.9 Å². The summed E-state index contributed by atoms with van der Waals surface area (Å²) in [6.07, 6.45) is 1.71. The van der Waals surface area contributed by atoms with Crippen LogP contribution in [0.15, 0.2) is 36.5 Å². The fourth-order valence-corrected chi connectivity index (χ4v) is 7.03. The molecule has 3 aromatic rings. The average Bonchev–Trinajstić information content (AvgIpc) is 3.16. The number of benzene rings is 1. The number of halogens is 4. The summed E-state index contributed by atoms with van der Waals surface area (Å²) in [5.41, 5.74) is 1.09. The number of carbonyl (C=O) groups excluding carboxylic acids is 1. The minimum absolute atomic E-state index is 0.0846. The molecule has 1 fully saturated rings. The van der Waals surface area contributed by atoms with E-state index in [-0.39, 0.29) is 35.4 Å². The molecule has 13 heteroatoms. The molecule has 37 heavy (non-hydrogen) atoms. The molecule has 2 aliphatic rings. The van der Waals surface area contributed by atoms with Crippen molar-refractivity contribution in [2.24, 2.45) is 5.92 Å². The number of pyridine rings is 1. The van der Waals surface area contributed by atoms with E-state index in [1.807, 2.05) is 0 Å². The van der Waals surface area contributed by atoms with Crippen LogP contribution in [0.5, 0.6) is 5.75 Å². The molecule has 1 saturated heterocycles. The first-order valence-corrected chi connectivity index (χ1v) is 13.2. The van der Waals surface area contributed by atoms with Crippen molar-refractivity contribution in [2.45, 2.75) is 38.3 Å². The van der Waals surface area contributed by atoms with Crippen LogP contribution in [0, 0.1) is 17.6 Å². The smallest absolute Gasteiger partial charge is 0.387 e. The Morgan fingerprint density at radius 2 is 2.00 bits per heavy atom. The first-order valence-electron chi connectivity index (χ1n) is 11.4. The van der Waals surface area contributed by atoms with Gasteiger partial charge in [-0.1, -0.05) is 12.1 Å². The van der Waals surface area contributed by atoms with Crippen molar-refractivity contribution in [2.75, 3.05) is 11.5 Å². The zero-order valence-electron chi connectivity index (χ0n) is 19.5. The molecule has 0 spiro atoms. The van der Waals surface area contributed by atoms with Gasteiger partial charge in [-0.15, -0.1) is 0 Å². The van der Waals surface area contributed by atoms with Gasteiger partial charge >= 0.3 is 6.61 Å². The minimum atomic E-state index is -3.17. The molecular weight excluding hydrogens is 516 g/mol. The molecule has 8 nitrogen and oxygen atoms in total. The number of amides is 1. The summed E-state index contributed by atoms with van der Waals surface area (Å²) in [4.78, 5) is 16.9. The third-order valence-electron chi connectivity index (χ3n) is 6.47. The van der Waals surface area contributed by atoms with Gasteiger partial charge in [0.2, 0.25) is 5.91 Å². The Bertz CT molecular complexity index is 1480. The van der Waals surface area contributed by atoms with E-state index in [4.69, 9.17) is 0 Å². The molecule has 5 rings (SSSR count). The highest BCUT2D eigenvalue weighted by Crippen LogP contribution is 2.37. The number of hydrogen-bond acceptors (Lipinski definition) is 6. The van der Waals surface area contributed by atoms with Crippen molar-refractivity contribution < 1.29 is 35.5 Å². The lowest BCUT2D eigenvalue weighted by atomic mass is 9.84. The maximum absolute atomic E-state index is 14.7. The van der Waals surface area contributed by atoms with Crippen LogP contribution in [0.1, 0.15) is 24.6 Å². The number of aromatic nitrogens is 3. The van der Waals surface area contributed by atoms with Gasteiger partial charge in [0.05, 0.1) is 34.6 Å². The van der Waals surface area contributed by atoms with Crippen LogP contribution in [0.2, 0.25) is 0 Å². The molecule has 196 valence electrons. The maximum atomic E-state index is 14.7. The van der Waals surface area contributed by atoms with Crippen molar-refractivity contribution in [3.63, 3.8) is 0 Å². The van der Waals surface area contributed by atoms with Crippen LogP contribution < -0.4 is 10.1 Å². The Labute approximate surface area is 209 Å². The molecule has 1 amide bonds. The second-order valence-electron chi connectivity index (χ2n) is 9.57. The highest BCUT2D eigenvalue weighted by atomic mass is 32.2. The van der Waals surface area contributed by atoms with E-state index in [0.717, 1.165) is 6.20 Å². The second-order valence-corrected chi connectivity index (χ2v) is 11.6. The van der Waals surface area contributed by atoms with Gasteiger partial charge in [0.1, 0.15) is 11.6 Å². The third-order valence-corrected chi connectivity index (χ3v) is 8.62. The van der Waals surface area contributed by atoms with Gasteiger partial charge in [0, 0.05) is 29.5 Å². The summed E-state index contributed by atoms with van der Waals surface area (Å²) in [6, 6.07) is 6.56. The second kappa shape index (κ2) is 9.12. The predicted molar refractivity (Wildman–Crippen MR) is 124 cm³/mol. The van der Waals surface area contributed by atoms with Crippen molar-refractivity contribution in [1.29, 1.82) is 0 Å². The summed E-state index contributed by atoms with van der Waals surface area (Å²) >= 11 is 0. The number of hydrogen-bond donors (Lipinski definition) is 1. The summed E-state index contributed by atoms with van der Waals surface area (Å²) in [6.45, 7) is -1.36. The highest BCUT2D eigenvalue weighted by Gasteiger charge is 2.46. The lowest BCUT2D eigenvalue weighted by Crippen LogP contribution is -2.64. The highest BCUT2D eigenvalue weighted by molar-refractivity contribution is 7.93. The van der Waals surface area contributed by atoms with Crippen LogP contribution >= 0.6 is 0 Å². The van der Waals surface area contributed by atoms with Crippen LogP contribution in [0.25, 0.3) is 17.1 Å². The molecule has 1 aromatic carbocycles. The Hall–Kier alpha value is -3.48. The molecule has 1 aliphatic heterocycles. The van der Waals surface area contributed by atoms with Gasteiger partial charge in [0.15, 0.2) is 21.5 Å². The number of sulfone groups is 1. The Kier molecular flexibility index (Phi) is 6.21. The lowest BCUT2D eigenvalue weighted by Gasteiger charge is -2.39. The number of nitrogens with zero attached hydrogens (tertiary/aromatic N) is 3. The first kappa shape index (κ1) is 25.2. The zero-order valence-corrected chi connectivity index (χ0v) is 20.4. The van der Waals surface area contributed by atoms with Gasteiger partial charge < -0.3 is 10.1 Å². The number of nitrogens with one attached hydrogen (secondary N) is 1. The molecule has 1 N–H and O–H groups in total. The van der Waals surface area contributed by atoms with Gasteiger partial charge in [0.25, 0.3) is 0 Å². The van der Waals surface area contributed by atoms with E-state index < -0.39 is 39.5 Å². The monoisotopic (exact) mass is 538 g/mol. The minimum Gasteiger partial charge on any atom is -0.435 e. The molecule has 1 atom stereocenters. The van der Waals surface area contributed by atoms with E-state index in [1.165, 1.54) is 22.9 Å². The normalized spacial score (nSPS) is 19.7. The van der Waals surface area contributed by atoms with Crippen LogP contribution in [0.3, 0.4) is 0 Å². The van der Waals surface area contributed by atoms with Gasteiger partial charge in [-0.25, -0.2) is 26.9 Å². The van der Waals surface area contributed by atoms with Crippen molar-refractivity contribution >= 4 is 15.7 Å². The molecule has 0 bridgehead atoms. The van der Waals surface area contributed by atoms with E-state index in [1.54, 1.807) is 13.0 Å². The van der Waals surface area contributed by atoms with Gasteiger partial charge in [-0.05, 0) is 31.9 Å². The molecule has 0 unspecified atom stereocenters. The lowest BCUT2D eigenvalue weighted by molar-refractivity contribution is -0.126. The van der Waals surface area contributed by atoms with E-state index >= 15 is 0 Å². The van der Waals surface area contributed by atoms with Crippen molar-refractivity contribution in [3.8, 4) is 22.8 Å². The fraction of sp³-hybridized carbons (Fsp3) is 0.375. The van der Waals surface area contributed by atoms with E-state index in [9.17, 15) is 30.8 Å². The summed E-state index contributed by atoms with van der Waals surface area (Å²) < 4.78 is 82.7. The number of carbonyl (C=O) groups is 1. The fourth-order valence-electron chi connectivity index (χ4n) is 5.03. The number of ether oxygens (including phenoxy) is 1. The molecular formula is C24H22F4N4O4S. The average molecular weight is 539 g/mol. The zero-order chi connectivity index (χ0) is 26.5. The van der Waals surface area contributed by atoms with Crippen LogP contribution in [0.4, 0.5) is 17.6 Å². The van der Waals surface area contributed by atoms with E-state index in [2.05, 4.69) is 20.1 Å². The number of alkyl halides is 2. The Morgan fingerprint density at radius 3 is 2.68 bits per heavy atom. The van der Waals surface area contributed by atoms with E-state index in [0.29, 0.717) is 41.4 Å². The van der Waals surface area contributed by atoms with Crippen LogP contribution in [-0.2, 0) is 27.5 Å². The molecule has 2 aromatic heterocycles. The largest absolute Gasteiger partial charge is 0.435 e. The molecule has 0 radical (unpaired) electrons. The van der Waals surface area contributed by atoms with Crippen molar-refractivity contribution in [1.82, 2.24) is 20.1 Å². The predicted octanol–water partition coefficient (Wildman–Crippen LogP) is 3.22. The summed E-state index contributed by atoms with van der Waals surface area (Å²) in [5, 5.41) is 7.31. The maximum Gasteiger partial charge on any atom is 0.387 e. The first-order chi connectivity index (χ1) is 17.4. The number of rotatable bonds is 6. The van der Waals surface area contributed by atoms with Crippen molar-refractivity contribution in [3.05, 3.63) is 59.4 Å². The third kappa shape index (κ3) is 5.04. The topological polar surface area (TPSA) is 103 Å². The SMILES string of the molecule is CC1(NC(=O)[C@@H]2CCc3c(-c4cccc(OC(F)F)c4)nn(-c4ncc(F)cc4F)c3C2)CS(=O)(=O)C1. The summed E-state index contributed by atoms with van der Waals surface area (Å²) in [5.74, 6) is -3.39. The number of fused-ring (bicyclic) bond motifs is 1. The quantitative estimate of drug-likeness (QED) is 0.484. The molecule has 1 aliphatic carbocycles. The van der Waals surface area contributed by atoms with Crippen LogP contribution in [-0.4, -0.2) is 52.7 Å². The molecule has 0 saturated carbocycles. The Balaban J connectivity index is 1.52. The Morgan fingerprint density at radius 1 is 1.24 bits per heavy atom.